The first-order valence-corrected chi connectivity index (χ1v) is 9.50. The molecule has 1 N–H and O–H groups in total. The van der Waals surface area contributed by atoms with Crippen LogP contribution in [-0.4, -0.2) is 61.1 Å². The minimum absolute atomic E-state index is 0. The van der Waals surface area contributed by atoms with E-state index in [4.69, 9.17) is 4.99 Å². The second-order valence-corrected chi connectivity index (χ2v) is 7.64. The van der Waals surface area contributed by atoms with Crippen molar-refractivity contribution in [2.45, 2.75) is 64.8 Å². The molecule has 1 unspecified atom stereocenters. The first-order valence-electron chi connectivity index (χ1n) is 9.50. The van der Waals surface area contributed by atoms with Gasteiger partial charge in [0.1, 0.15) is 0 Å². The predicted molar refractivity (Wildman–Crippen MR) is 109 cm³/mol. The molecule has 134 valence electrons. The molecule has 3 fully saturated rings. The normalized spacial score (nSPS) is 27.7. The SMILES string of the molecule is CCNC(=NCCN1CCCCC1C)N1CCC2(CCC2)C1.I. The maximum atomic E-state index is 4.94. The Balaban J connectivity index is 0.00000192. The van der Waals surface area contributed by atoms with Crippen LogP contribution in [0.1, 0.15) is 58.8 Å². The van der Waals surface area contributed by atoms with Crippen LogP contribution in [0.2, 0.25) is 0 Å². The van der Waals surface area contributed by atoms with E-state index in [1.807, 2.05) is 0 Å². The summed E-state index contributed by atoms with van der Waals surface area (Å²) in [6, 6.07) is 0.747. The molecule has 0 amide bonds. The average molecular weight is 434 g/mol. The summed E-state index contributed by atoms with van der Waals surface area (Å²) in [7, 11) is 0. The van der Waals surface area contributed by atoms with Crippen LogP contribution in [0, 0.1) is 5.41 Å². The van der Waals surface area contributed by atoms with Crippen molar-refractivity contribution >= 4 is 29.9 Å². The van der Waals surface area contributed by atoms with Crippen LogP contribution in [0.15, 0.2) is 4.99 Å². The molecule has 1 spiro atoms. The Hall–Kier alpha value is -0.0400. The Kier molecular flexibility index (Phi) is 7.45. The van der Waals surface area contributed by atoms with E-state index in [0.29, 0.717) is 5.41 Å². The summed E-state index contributed by atoms with van der Waals surface area (Å²) in [6.45, 7) is 11.3. The first-order chi connectivity index (χ1) is 10.7. The number of hydrogen-bond donors (Lipinski definition) is 1. The highest BCUT2D eigenvalue weighted by molar-refractivity contribution is 14.0. The van der Waals surface area contributed by atoms with E-state index in [1.54, 1.807) is 0 Å². The largest absolute Gasteiger partial charge is 0.357 e. The second kappa shape index (κ2) is 8.88. The van der Waals surface area contributed by atoms with Gasteiger partial charge < -0.3 is 10.2 Å². The van der Waals surface area contributed by atoms with Crippen LogP contribution in [0.5, 0.6) is 0 Å². The van der Waals surface area contributed by atoms with Gasteiger partial charge in [-0.15, -0.1) is 24.0 Å². The monoisotopic (exact) mass is 434 g/mol. The molecule has 1 atom stereocenters. The smallest absolute Gasteiger partial charge is 0.193 e. The summed E-state index contributed by atoms with van der Waals surface area (Å²) in [4.78, 5) is 10.1. The summed E-state index contributed by atoms with van der Waals surface area (Å²) in [5.74, 6) is 1.16. The third kappa shape index (κ3) is 4.74. The zero-order valence-corrected chi connectivity index (χ0v) is 17.3. The fourth-order valence-electron chi connectivity index (χ4n) is 4.40. The lowest BCUT2D eigenvalue weighted by molar-refractivity contribution is 0.151. The molecule has 3 rings (SSSR count). The lowest BCUT2D eigenvalue weighted by Crippen LogP contribution is -2.43. The van der Waals surface area contributed by atoms with Gasteiger partial charge in [0.15, 0.2) is 5.96 Å². The highest BCUT2D eigenvalue weighted by atomic mass is 127. The Morgan fingerprint density at radius 1 is 1.17 bits per heavy atom. The molecule has 0 bridgehead atoms. The van der Waals surface area contributed by atoms with Crippen molar-refractivity contribution in [1.29, 1.82) is 0 Å². The molecule has 23 heavy (non-hydrogen) atoms. The van der Waals surface area contributed by atoms with Crippen LogP contribution >= 0.6 is 24.0 Å². The van der Waals surface area contributed by atoms with Crippen molar-refractivity contribution in [3.63, 3.8) is 0 Å². The third-order valence-electron chi connectivity index (χ3n) is 6.08. The fraction of sp³-hybridized carbons (Fsp3) is 0.944. The topological polar surface area (TPSA) is 30.9 Å². The summed E-state index contributed by atoms with van der Waals surface area (Å²) in [5, 5.41) is 3.52. The number of hydrogen-bond acceptors (Lipinski definition) is 2. The number of guanidine groups is 1. The molecule has 1 saturated carbocycles. The maximum absolute atomic E-state index is 4.94. The molecule has 0 radical (unpaired) electrons. The van der Waals surface area contributed by atoms with Gasteiger partial charge in [-0.1, -0.05) is 12.8 Å². The van der Waals surface area contributed by atoms with E-state index < -0.39 is 0 Å². The second-order valence-electron chi connectivity index (χ2n) is 7.64. The molecule has 0 aromatic heterocycles. The molecule has 0 aromatic rings. The molecule has 5 heteroatoms. The van der Waals surface area contributed by atoms with Gasteiger partial charge in [-0.2, -0.15) is 0 Å². The number of nitrogens with one attached hydrogen (secondary N) is 1. The molecule has 3 aliphatic rings. The van der Waals surface area contributed by atoms with E-state index in [0.717, 1.165) is 31.6 Å². The van der Waals surface area contributed by atoms with E-state index in [1.165, 1.54) is 64.6 Å². The van der Waals surface area contributed by atoms with E-state index in [9.17, 15) is 0 Å². The van der Waals surface area contributed by atoms with Crippen LogP contribution in [0.4, 0.5) is 0 Å². The highest BCUT2D eigenvalue weighted by Gasteiger charge is 2.43. The third-order valence-corrected chi connectivity index (χ3v) is 6.08. The number of rotatable bonds is 4. The zero-order chi connectivity index (χ0) is 15.4. The molecular weight excluding hydrogens is 399 g/mol. The van der Waals surface area contributed by atoms with Gasteiger partial charge in [-0.25, -0.2) is 0 Å². The van der Waals surface area contributed by atoms with Crippen molar-refractivity contribution in [2.24, 2.45) is 10.4 Å². The summed E-state index contributed by atoms with van der Waals surface area (Å²) in [6.07, 6.45) is 9.82. The van der Waals surface area contributed by atoms with Crippen molar-refractivity contribution < 1.29 is 0 Å². The van der Waals surface area contributed by atoms with Gasteiger partial charge >= 0.3 is 0 Å². The number of likely N-dealkylation sites (tertiary alicyclic amines) is 2. The molecule has 2 aliphatic heterocycles. The van der Waals surface area contributed by atoms with E-state index in [-0.39, 0.29) is 24.0 Å². The first kappa shape index (κ1) is 19.3. The van der Waals surface area contributed by atoms with Gasteiger partial charge in [0.05, 0.1) is 6.54 Å². The average Bonchev–Trinajstić information content (AvgIpc) is 2.94. The molecular formula is C18H35IN4. The molecule has 1 aliphatic carbocycles. The van der Waals surface area contributed by atoms with Crippen molar-refractivity contribution in [3.05, 3.63) is 0 Å². The van der Waals surface area contributed by atoms with Crippen LogP contribution < -0.4 is 5.32 Å². The standard InChI is InChI=1S/C18H34N4.HI/c1-3-19-17(22-13-10-18(15-22)8-6-9-18)20-11-14-21-12-5-4-7-16(21)2;/h16H,3-15H2,1-2H3,(H,19,20);1H. The van der Waals surface area contributed by atoms with Crippen molar-refractivity contribution in [3.8, 4) is 0 Å². The van der Waals surface area contributed by atoms with E-state index >= 15 is 0 Å². The summed E-state index contributed by atoms with van der Waals surface area (Å²) >= 11 is 0. The molecule has 0 aromatic carbocycles. The lowest BCUT2D eigenvalue weighted by Gasteiger charge is -2.38. The van der Waals surface area contributed by atoms with Crippen molar-refractivity contribution in [1.82, 2.24) is 15.1 Å². The number of aliphatic imine (C=N–C) groups is 1. The van der Waals surface area contributed by atoms with Gasteiger partial charge in [0.25, 0.3) is 0 Å². The van der Waals surface area contributed by atoms with Crippen LogP contribution in [0.25, 0.3) is 0 Å². The van der Waals surface area contributed by atoms with Gasteiger partial charge in [0.2, 0.25) is 0 Å². The predicted octanol–water partition coefficient (Wildman–Crippen LogP) is 3.32. The fourth-order valence-corrected chi connectivity index (χ4v) is 4.40. The van der Waals surface area contributed by atoms with Gasteiger partial charge in [-0.3, -0.25) is 9.89 Å². The quantitative estimate of drug-likeness (QED) is 0.419. The van der Waals surface area contributed by atoms with Crippen LogP contribution in [-0.2, 0) is 0 Å². The molecule has 2 heterocycles. The number of halogens is 1. The van der Waals surface area contributed by atoms with Crippen molar-refractivity contribution in [2.75, 3.05) is 39.3 Å². The molecule has 4 nitrogen and oxygen atoms in total. The Labute approximate surface area is 159 Å². The number of piperidine rings is 1. The Morgan fingerprint density at radius 2 is 2.00 bits per heavy atom. The summed E-state index contributed by atoms with van der Waals surface area (Å²) in [5.41, 5.74) is 0.650. The summed E-state index contributed by atoms with van der Waals surface area (Å²) < 4.78 is 0. The minimum Gasteiger partial charge on any atom is -0.357 e. The zero-order valence-electron chi connectivity index (χ0n) is 15.0. The Morgan fingerprint density at radius 3 is 2.61 bits per heavy atom. The minimum atomic E-state index is 0. The Bertz CT molecular complexity index is 394. The number of nitrogens with zero attached hydrogens (tertiary/aromatic N) is 3. The van der Waals surface area contributed by atoms with Gasteiger partial charge in [-0.05, 0) is 57.9 Å². The van der Waals surface area contributed by atoms with Crippen LogP contribution in [0.3, 0.4) is 0 Å². The molecule has 2 saturated heterocycles. The van der Waals surface area contributed by atoms with Gasteiger partial charge in [0, 0.05) is 32.2 Å². The highest BCUT2D eigenvalue weighted by Crippen LogP contribution is 2.47. The lowest BCUT2D eigenvalue weighted by atomic mass is 9.68. The maximum Gasteiger partial charge on any atom is 0.193 e. The van der Waals surface area contributed by atoms with E-state index in [2.05, 4.69) is 29.0 Å².